The van der Waals surface area contributed by atoms with Crippen LogP contribution in [-0.4, -0.2) is 25.5 Å². The molecule has 0 aromatic rings. The topological polar surface area (TPSA) is 41.1 Å². The Morgan fingerprint density at radius 1 is 1.20 bits per heavy atom. The molecule has 0 bridgehead atoms. The lowest BCUT2D eigenvalue weighted by molar-refractivity contribution is -0.124. The molecule has 2 N–H and O–H groups in total. The third-order valence-corrected chi connectivity index (χ3v) is 3.72. The second-order valence-corrected chi connectivity index (χ2v) is 4.94. The van der Waals surface area contributed by atoms with Gasteiger partial charge in [0.05, 0.1) is 5.92 Å². The van der Waals surface area contributed by atoms with E-state index in [1.165, 1.54) is 32.1 Å². The Bertz CT molecular complexity index is 206. The fourth-order valence-corrected chi connectivity index (χ4v) is 2.66. The highest BCUT2D eigenvalue weighted by Gasteiger charge is 2.23. The second-order valence-electron chi connectivity index (χ2n) is 4.94. The summed E-state index contributed by atoms with van der Waals surface area (Å²) >= 11 is 0. The molecule has 3 heteroatoms. The number of carbonyl (C=O) groups is 1. The summed E-state index contributed by atoms with van der Waals surface area (Å²) in [6.45, 7) is 2.79. The van der Waals surface area contributed by atoms with Crippen molar-refractivity contribution in [3.05, 3.63) is 0 Å². The largest absolute Gasteiger partial charge is 0.356 e. The molecule has 0 unspecified atom stereocenters. The standard InChI is InChI=1S/C12H22N2O/c15-12(11-6-7-13-9-11)14-8-10-4-2-1-3-5-10/h10-11,13H,1-9H2,(H,14,15)/t11-/m0/s1. The number of rotatable bonds is 3. The highest BCUT2D eigenvalue weighted by Crippen LogP contribution is 2.22. The van der Waals surface area contributed by atoms with Gasteiger partial charge in [0.2, 0.25) is 5.91 Å². The molecule has 0 spiro atoms. The predicted molar refractivity (Wildman–Crippen MR) is 60.6 cm³/mol. The first-order valence-corrected chi connectivity index (χ1v) is 6.34. The molecule has 1 saturated carbocycles. The molecule has 2 fully saturated rings. The predicted octanol–water partition coefficient (Wildman–Crippen LogP) is 1.29. The molecule has 0 aromatic carbocycles. The first kappa shape index (κ1) is 10.9. The van der Waals surface area contributed by atoms with E-state index in [0.29, 0.717) is 0 Å². The van der Waals surface area contributed by atoms with Crippen molar-refractivity contribution in [2.45, 2.75) is 38.5 Å². The molecule has 2 rings (SSSR count). The molecule has 1 aliphatic heterocycles. The Morgan fingerprint density at radius 2 is 2.00 bits per heavy atom. The minimum absolute atomic E-state index is 0.230. The molecule has 1 saturated heterocycles. The van der Waals surface area contributed by atoms with Gasteiger partial charge in [0.1, 0.15) is 0 Å². The van der Waals surface area contributed by atoms with Crippen molar-refractivity contribution in [1.29, 1.82) is 0 Å². The van der Waals surface area contributed by atoms with Crippen LogP contribution in [0.25, 0.3) is 0 Å². The van der Waals surface area contributed by atoms with E-state index in [4.69, 9.17) is 0 Å². The van der Waals surface area contributed by atoms with Gasteiger partial charge in [-0.05, 0) is 31.7 Å². The van der Waals surface area contributed by atoms with Crippen molar-refractivity contribution in [1.82, 2.24) is 10.6 Å². The van der Waals surface area contributed by atoms with E-state index in [-0.39, 0.29) is 11.8 Å². The van der Waals surface area contributed by atoms with Gasteiger partial charge in [0, 0.05) is 13.1 Å². The lowest BCUT2D eigenvalue weighted by atomic mass is 9.89. The smallest absolute Gasteiger partial charge is 0.224 e. The Morgan fingerprint density at radius 3 is 2.67 bits per heavy atom. The Kier molecular flexibility index (Phi) is 4.01. The van der Waals surface area contributed by atoms with Gasteiger partial charge >= 0.3 is 0 Å². The summed E-state index contributed by atoms with van der Waals surface area (Å²) in [5.41, 5.74) is 0. The van der Waals surface area contributed by atoms with Gasteiger partial charge in [-0.25, -0.2) is 0 Å². The number of hydrogen-bond acceptors (Lipinski definition) is 2. The lowest BCUT2D eigenvalue weighted by Gasteiger charge is -2.22. The average Bonchev–Trinajstić information content (AvgIpc) is 2.81. The number of hydrogen-bond donors (Lipinski definition) is 2. The summed E-state index contributed by atoms with van der Waals surface area (Å²) in [4.78, 5) is 11.7. The van der Waals surface area contributed by atoms with Crippen LogP contribution in [-0.2, 0) is 4.79 Å². The first-order valence-electron chi connectivity index (χ1n) is 6.34. The fourth-order valence-electron chi connectivity index (χ4n) is 2.66. The second kappa shape index (κ2) is 5.50. The molecule has 0 radical (unpaired) electrons. The zero-order valence-electron chi connectivity index (χ0n) is 9.43. The van der Waals surface area contributed by atoms with Gasteiger partial charge in [-0.3, -0.25) is 4.79 Å². The minimum Gasteiger partial charge on any atom is -0.356 e. The van der Waals surface area contributed by atoms with Crippen molar-refractivity contribution in [2.75, 3.05) is 19.6 Å². The molecule has 1 heterocycles. The van der Waals surface area contributed by atoms with Crippen molar-refractivity contribution < 1.29 is 4.79 Å². The van der Waals surface area contributed by atoms with Crippen molar-refractivity contribution in [3.8, 4) is 0 Å². The summed E-state index contributed by atoms with van der Waals surface area (Å²) < 4.78 is 0. The van der Waals surface area contributed by atoms with Crippen LogP contribution in [0.1, 0.15) is 38.5 Å². The van der Waals surface area contributed by atoms with Crippen LogP contribution in [0, 0.1) is 11.8 Å². The van der Waals surface area contributed by atoms with Crippen molar-refractivity contribution >= 4 is 5.91 Å². The number of carbonyl (C=O) groups excluding carboxylic acids is 1. The van der Waals surface area contributed by atoms with Crippen LogP contribution in [0.15, 0.2) is 0 Å². The highest BCUT2D eigenvalue weighted by molar-refractivity contribution is 5.79. The lowest BCUT2D eigenvalue weighted by Crippen LogP contribution is -2.35. The van der Waals surface area contributed by atoms with Gasteiger partial charge in [-0.15, -0.1) is 0 Å². The maximum absolute atomic E-state index is 11.7. The third-order valence-electron chi connectivity index (χ3n) is 3.72. The SMILES string of the molecule is O=C(NCC1CCCCC1)[C@H]1CCNC1. The van der Waals surface area contributed by atoms with Crippen LogP contribution in [0.3, 0.4) is 0 Å². The summed E-state index contributed by atoms with van der Waals surface area (Å²) in [5.74, 6) is 1.25. The Balaban J connectivity index is 1.65. The van der Waals surface area contributed by atoms with Gasteiger partial charge in [-0.1, -0.05) is 19.3 Å². The van der Waals surface area contributed by atoms with E-state index in [1.807, 2.05) is 0 Å². The first-order chi connectivity index (χ1) is 7.36. The minimum atomic E-state index is 0.230. The molecule has 2 aliphatic rings. The molecule has 86 valence electrons. The fraction of sp³-hybridized carbons (Fsp3) is 0.917. The zero-order valence-corrected chi connectivity index (χ0v) is 9.43. The van der Waals surface area contributed by atoms with Gasteiger partial charge < -0.3 is 10.6 Å². The van der Waals surface area contributed by atoms with Crippen LogP contribution < -0.4 is 10.6 Å². The van der Waals surface area contributed by atoms with Crippen molar-refractivity contribution in [3.63, 3.8) is 0 Å². The van der Waals surface area contributed by atoms with Gasteiger partial charge in [-0.2, -0.15) is 0 Å². The van der Waals surface area contributed by atoms with Gasteiger partial charge in [0.25, 0.3) is 0 Å². The normalized spacial score (nSPS) is 27.9. The molecular formula is C12H22N2O. The van der Waals surface area contributed by atoms with E-state index in [0.717, 1.165) is 32.0 Å². The maximum Gasteiger partial charge on any atom is 0.224 e. The molecule has 15 heavy (non-hydrogen) atoms. The summed E-state index contributed by atoms with van der Waals surface area (Å²) in [7, 11) is 0. The van der Waals surface area contributed by atoms with Crippen LogP contribution in [0.2, 0.25) is 0 Å². The quantitative estimate of drug-likeness (QED) is 0.737. The molecule has 3 nitrogen and oxygen atoms in total. The summed E-state index contributed by atoms with van der Waals surface area (Å²) in [5, 5.41) is 6.35. The molecule has 1 aliphatic carbocycles. The van der Waals surface area contributed by atoms with E-state index < -0.39 is 0 Å². The number of nitrogens with one attached hydrogen (secondary N) is 2. The zero-order chi connectivity index (χ0) is 10.5. The molecule has 1 amide bonds. The van der Waals surface area contributed by atoms with E-state index in [1.54, 1.807) is 0 Å². The molecule has 0 aromatic heterocycles. The monoisotopic (exact) mass is 210 g/mol. The van der Waals surface area contributed by atoms with Crippen molar-refractivity contribution in [2.24, 2.45) is 11.8 Å². The summed E-state index contributed by atoms with van der Waals surface area (Å²) in [6.07, 6.45) is 7.72. The van der Waals surface area contributed by atoms with Gasteiger partial charge in [0.15, 0.2) is 0 Å². The number of amides is 1. The van der Waals surface area contributed by atoms with E-state index in [9.17, 15) is 4.79 Å². The Hall–Kier alpha value is -0.570. The summed E-state index contributed by atoms with van der Waals surface area (Å²) in [6, 6.07) is 0. The third kappa shape index (κ3) is 3.20. The van der Waals surface area contributed by atoms with Crippen LogP contribution >= 0.6 is 0 Å². The molecular weight excluding hydrogens is 188 g/mol. The maximum atomic E-state index is 11.7. The van der Waals surface area contributed by atoms with Crippen LogP contribution in [0.5, 0.6) is 0 Å². The molecule has 1 atom stereocenters. The average molecular weight is 210 g/mol. The van der Waals surface area contributed by atoms with Crippen LogP contribution in [0.4, 0.5) is 0 Å². The highest BCUT2D eigenvalue weighted by atomic mass is 16.1. The van der Waals surface area contributed by atoms with E-state index >= 15 is 0 Å². The van der Waals surface area contributed by atoms with E-state index in [2.05, 4.69) is 10.6 Å². The Labute approximate surface area is 92.0 Å².